The van der Waals surface area contributed by atoms with Gasteiger partial charge in [-0.3, -0.25) is 4.79 Å². The third kappa shape index (κ3) is 4.29. The molecule has 1 aliphatic rings. The highest BCUT2D eigenvalue weighted by Gasteiger charge is 2.36. The number of thioether (sulfide) groups is 1. The maximum Gasteiger partial charge on any atom is 0.284 e. The summed E-state index contributed by atoms with van der Waals surface area (Å²) >= 11 is 1.14. The molecule has 0 unspecified atom stereocenters. The second-order valence-electron chi connectivity index (χ2n) is 6.25. The van der Waals surface area contributed by atoms with Crippen molar-refractivity contribution in [3.63, 3.8) is 0 Å². The maximum absolute atomic E-state index is 12.8. The minimum atomic E-state index is -3.06. The Hall–Kier alpha value is -1.81. The fourth-order valence-electron chi connectivity index (χ4n) is 2.97. The summed E-state index contributed by atoms with van der Waals surface area (Å²) in [5.41, 5.74) is 0. The normalized spacial score (nSPS) is 20.2. The molecule has 3 heterocycles. The molecule has 2 atom stereocenters. The van der Waals surface area contributed by atoms with Gasteiger partial charge >= 0.3 is 0 Å². The minimum Gasteiger partial charge on any atom is -0.459 e. The molecule has 142 valence electrons. The Morgan fingerprint density at radius 3 is 2.88 bits per heavy atom. The van der Waals surface area contributed by atoms with Gasteiger partial charge in [0, 0.05) is 12.1 Å². The zero-order chi connectivity index (χ0) is 18.7. The molecular formula is C16H21N3O5S2. The Balaban J connectivity index is 1.64. The Labute approximate surface area is 156 Å². The quantitative estimate of drug-likeness (QED) is 0.653. The molecule has 2 aromatic rings. The van der Waals surface area contributed by atoms with Crippen LogP contribution in [0.3, 0.4) is 0 Å². The smallest absolute Gasteiger partial charge is 0.284 e. The van der Waals surface area contributed by atoms with Crippen molar-refractivity contribution in [3.8, 4) is 11.7 Å². The van der Waals surface area contributed by atoms with Crippen molar-refractivity contribution in [2.75, 3.05) is 17.3 Å². The molecular weight excluding hydrogens is 378 g/mol. The molecule has 3 rings (SSSR count). The van der Waals surface area contributed by atoms with Gasteiger partial charge in [0.25, 0.3) is 11.1 Å². The molecule has 8 nitrogen and oxygen atoms in total. The van der Waals surface area contributed by atoms with Crippen molar-refractivity contribution in [2.24, 2.45) is 0 Å². The highest BCUT2D eigenvalue weighted by molar-refractivity contribution is 7.99. The predicted octanol–water partition coefficient (Wildman–Crippen LogP) is 2.24. The number of carbonyl (C=O) groups excluding carboxylic acids is 1. The van der Waals surface area contributed by atoms with E-state index < -0.39 is 9.84 Å². The third-order valence-electron chi connectivity index (χ3n) is 4.41. The summed E-state index contributed by atoms with van der Waals surface area (Å²) in [6.07, 6.45) is 2.76. The van der Waals surface area contributed by atoms with Gasteiger partial charge in [0.1, 0.15) is 0 Å². The lowest BCUT2D eigenvalue weighted by molar-refractivity contribution is -0.132. The van der Waals surface area contributed by atoms with Crippen LogP contribution in [-0.4, -0.2) is 58.8 Å². The van der Waals surface area contributed by atoms with Crippen molar-refractivity contribution >= 4 is 27.5 Å². The van der Waals surface area contributed by atoms with Crippen LogP contribution in [0.1, 0.15) is 26.7 Å². The average Bonchev–Trinajstić information content (AvgIpc) is 3.33. The maximum atomic E-state index is 12.8. The van der Waals surface area contributed by atoms with Crippen LogP contribution in [0.15, 0.2) is 32.5 Å². The van der Waals surface area contributed by atoms with E-state index in [9.17, 15) is 13.2 Å². The molecule has 0 spiro atoms. The molecule has 0 aliphatic carbocycles. The fraction of sp³-hybridized carbons (Fsp3) is 0.562. The zero-order valence-electron chi connectivity index (χ0n) is 14.6. The lowest BCUT2D eigenvalue weighted by Crippen LogP contribution is -2.47. The number of amides is 1. The number of carbonyl (C=O) groups is 1. The van der Waals surface area contributed by atoms with Gasteiger partial charge in [0.15, 0.2) is 15.6 Å². The summed E-state index contributed by atoms with van der Waals surface area (Å²) in [4.78, 5) is 14.5. The lowest BCUT2D eigenvalue weighted by atomic mass is 10.1. The van der Waals surface area contributed by atoms with Gasteiger partial charge in [-0.25, -0.2) is 8.42 Å². The van der Waals surface area contributed by atoms with Crippen molar-refractivity contribution in [1.29, 1.82) is 0 Å². The Kier molecular flexibility index (Phi) is 5.71. The van der Waals surface area contributed by atoms with E-state index in [0.29, 0.717) is 12.2 Å². The van der Waals surface area contributed by atoms with Crippen molar-refractivity contribution < 1.29 is 22.0 Å². The number of furan rings is 1. The SMILES string of the molecule is CC[C@@H](C)N(C(=O)CSc1nnc(-c2ccco2)o1)[C@@H]1CCS(=O)(=O)C1. The highest BCUT2D eigenvalue weighted by Crippen LogP contribution is 2.26. The molecule has 1 amide bonds. The summed E-state index contributed by atoms with van der Waals surface area (Å²) < 4.78 is 34.3. The van der Waals surface area contributed by atoms with Gasteiger partial charge in [-0.1, -0.05) is 18.7 Å². The number of nitrogens with zero attached hydrogens (tertiary/aromatic N) is 3. The van der Waals surface area contributed by atoms with Crippen molar-refractivity contribution in [2.45, 2.75) is 44.0 Å². The average molecular weight is 399 g/mol. The monoisotopic (exact) mass is 399 g/mol. The zero-order valence-corrected chi connectivity index (χ0v) is 16.3. The van der Waals surface area contributed by atoms with E-state index in [1.807, 2.05) is 13.8 Å². The summed E-state index contributed by atoms with van der Waals surface area (Å²) in [7, 11) is -3.06. The largest absolute Gasteiger partial charge is 0.459 e. The lowest BCUT2D eigenvalue weighted by Gasteiger charge is -2.33. The first-order valence-corrected chi connectivity index (χ1v) is 11.2. The summed E-state index contributed by atoms with van der Waals surface area (Å²) in [6, 6.07) is 3.14. The molecule has 0 saturated carbocycles. The van der Waals surface area contributed by atoms with E-state index >= 15 is 0 Å². The molecule has 1 fully saturated rings. The molecule has 0 radical (unpaired) electrons. The highest BCUT2D eigenvalue weighted by atomic mass is 32.2. The predicted molar refractivity (Wildman–Crippen MR) is 96.4 cm³/mol. The Morgan fingerprint density at radius 1 is 1.46 bits per heavy atom. The Bertz CT molecular complexity index is 847. The van der Waals surface area contributed by atoms with Crippen LogP contribution in [0.5, 0.6) is 0 Å². The second kappa shape index (κ2) is 7.83. The van der Waals surface area contributed by atoms with Gasteiger partial charge in [-0.2, -0.15) is 0 Å². The number of hydrogen-bond acceptors (Lipinski definition) is 8. The molecule has 1 saturated heterocycles. The number of aromatic nitrogens is 2. The van der Waals surface area contributed by atoms with Gasteiger partial charge in [0.05, 0.1) is 23.5 Å². The standard InChI is InChI=1S/C16H21N3O5S2/c1-3-11(2)19(12-6-8-26(21,22)10-12)14(20)9-25-16-18-17-15(24-16)13-5-4-7-23-13/h4-5,7,11-12H,3,6,8-10H2,1-2H3/t11-,12-/m1/s1. The molecule has 2 aromatic heterocycles. The molecule has 10 heteroatoms. The van der Waals surface area contributed by atoms with Crippen molar-refractivity contribution in [1.82, 2.24) is 15.1 Å². The third-order valence-corrected chi connectivity index (χ3v) is 6.97. The molecule has 1 aliphatic heterocycles. The second-order valence-corrected chi connectivity index (χ2v) is 9.41. The van der Waals surface area contributed by atoms with Crippen LogP contribution in [0.4, 0.5) is 0 Å². The molecule has 26 heavy (non-hydrogen) atoms. The molecule has 0 aromatic carbocycles. The van der Waals surface area contributed by atoms with E-state index in [1.165, 1.54) is 6.26 Å². The van der Waals surface area contributed by atoms with Gasteiger partial charge in [-0.05, 0) is 31.9 Å². The van der Waals surface area contributed by atoms with E-state index in [2.05, 4.69) is 10.2 Å². The van der Waals surface area contributed by atoms with E-state index in [1.54, 1.807) is 17.0 Å². The van der Waals surface area contributed by atoms with Crippen molar-refractivity contribution in [3.05, 3.63) is 18.4 Å². The fourth-order valence-corrected chi connectivity index (χ4v) is 5.31. The first kappa shape index (κ1) is 19.0. The molecule has 0 N–H and O–H groups in total. The topological polar surface area (TPSA) is 107 Å². The summed E-state index contributed by atoms with van der Waals surface area (Å²) in [5.74, 6) is 0.890. The first-order chi connectivity index (χ1) is 12.4. The van der Waals surface area contributed by atoms with Crippen LogP contribution in [0.2, 0.25) is 0 Å². The Morgan fingerprint density at radius 2 is 2.27 bits per heavy atom. The number of sulfone groups is 1. The van der Waals surface area contributed by atoms with Gasteiger partial charge < -0.3 is 13.7 Å². The van der Waals surface area contributed by atoms with Crippen LogP contribution in [0, 0.1) is 0 Å². The van der Waals surface area contributed by atoms with Crippen LogP contribution in [0.25, 0.3) is 11.7 Å². The number of rotatable bonds is 7. The summed E-state index contributed by atoms with van der Waals surface area (Å²) in [6.45, 7) is 3.92. The van der Waals surface area contributed by atoms with Gasteiger partial charge in [-0.15, -0.1) is 10.2 Å². The van der Waals surface area contributed by atoms with Crippen LogP contribution >= 0.6 is 11.8 Å². The van der Waals surface area contributed by atoms with Crippen LogP contribution < -0.4 is 0 Å². The van der Waals surface area contributed by atoms with E-state index in [0.717, 1.165) is 18.2 Å². The summed E-state index contributed by atoms with van der Waals surface area (Å²) in [5, 5.41) is 8.07. The van der Waals surface area contributed by atoms with Gasteiger partial charge in [0.2, 0.25) is 5.91 Å². The first-order valence-electron chi connectivity index (χ1n) is 8.41. The molecule has 0 bridgehead atoms. The van der Waals surface area contributed by atoms with E-state index in [-0.39, 0.29) is 46.4 Å². The van der Waals surface area contributed by atoms with E-state index in [4.69, 9.17) is 8.83 Å². The van der Waals surface area contributed by atoms with Crippen LogP contribution in [-0.2, 0) is 14.6 Å². The minimum absolute atomic E-state index is 0.0252. The number of hydrogen-bond donors (Lipinski definition) is 0.